The van der Waals surface area contributed by atoms with Crippen LogP contribution in [0, 0.1) is 5.82 Å². The summed E-state index contributed by atoms with van der Waals surface area (Å²) in [5.74, 6) is -0.564. The number of oxime groups is 1. The van der Waals surface area contributed by atoms with Gasteiger partial charge in [-0.15, -0.1) is 0 Å². The summed E-state index contributed by atoms with van der Waals surface area (Å²) < 4.78 is 23.6. The van der Waals surface area contributed by atoms with E-state index in [0.29, 0.717) is 30.8 Å². The summed E-state index contributed by atoms with van der Waals surface area (Å²) in [5, 5.41) is 14.6. The molecule has 0 fully saturated rings. The summed E-state index contributed by atoms with van der Waals surface area (Å²) >= 11 is 0. The number of nitrogens with two attached hydrogens (primary N) is 1. The highest BCUT2D eigenvalue weighted by molar-refractivity contribution is 5.97. The molecule has 1 aromatic carbocycles. The van der Waals surface area contributed by atoms with Crippen molar-refractivity contribution in [3.63, 3.8) is 0 Å². The molecule has 0 spiro atoms. The van der Waals surface area contributed by atoms with E-state index in [1.165, 1.54) is 12.1 Å². The Hall–Kier alpha value is -1.70. The Kier molecular flexibility index (Phi) is 6.92. The highest BCUT2D eigenvalue weighted by Crippen LogP contribution is 2.09. The van der Waals surface area contributed by atoms with Crippen molar-refractivity contribution < 1.29 is 19.1 Å². The molecule has 0 saturated carbocycles. The molecule has 6 nitrogen and oxygen atoms in total. The van der Waals surface area contributed by atoms with Gasteiger partial charge in [0.2, 0.25) is 0 Å². The van der Waals surface area contributed by atoms with E-state index in [9.17, 15) is 4.39 Å². The number of nitrogens with one attached hydrogen (secondary N) is 1. The highest BCUT2D eigenvalue weighted by Gasteiger charge is 2.08. The van der Waals surface area contributed by atoms with Gasteiger partial charge in [-0.2, -0.15) is 0 Å². The van der Waals surface area contributed by atoms with E-state index in [1.807, 2.05) is 0 Å². The first-order valence-corrected chi connectivity index (χ1v) is 6.10. The number of halogens is 1. The Morgan fingerprint density at radius 1 is 1.45 bits per heavy atom. The molecule has 0 aromatic heterocycles. The zero-order chi connectivity index (χ0) is 15.0. The molecule has 0 heterocycles. The van der Waals surface area contributed by atoms with Crippen molar-refractivity contribution in [2.24, 2.45) is 10.9 Å². The molecule has 1 unspecified atom stereocenters. The van der Waals surface area contributed by atoms with E-state index in [4.69, 9.17) is 20.4 Å². The molecule has 1 atom stereocenters. The second kappa shape index (κ2) is 8.47. The lowest BCUT2D eigenvalue weighted by atomic mass is 10.1. The average Bonchev–Trinajstić information content (AvgIpc) is 2.44. The summed E-state index contributed by atoms with van der Waals surface area (Å²) in [6, 6.07) is 4.25. The van der Waals surface area contributed by atoms with Gasteiger partial charge < -0.3 is 25.7 Å². The van der Waals surface area contributed by atoms with Crippen LogP contribution in [-0.4, -0.2) is 44.5 Å². The monoisotopic (exact) mass is 285 g/mol. The minimum atomic E-state index is -0.439. The Morgan fingerprint density at radius 3 is 2.80 bits per heavy atom. The molecule has 0 amide bonds. The zero-order valence-corrected chi connectivity index (χ0v) is 11.6. The number of benzene rings is 1. The average molecular weight is 285 g/mol. The Bertz CT molecular complexity index is 454. The summed E-state index contributed by atoms with van der Waals surface area (Å²) in [7, 11) is 3.20. The lowest BCUT2D eigenvalue weighted by Crippen LogP contribution is -2.31. The van der Waals surface area contributed by atoms with E-state index in [2.05, 4.69) is 10.5 Å². The van der Waals surface area contributed by atoms with Crippen LogP contribution in [0.2, 0.25) is 0 Å². The Morgan fingerprint density at radius 2 is 2.20 bits per heavy atom. The van der Waals surface area contributed by atoms with Crippen LogP contribution in [0.5, 0.6) is 0 Å². The van der Waals surface area contributed by atoms with Crippen LogP contribution in [0.4, 0.5) is 4.39 Å². The molecule has 0 aliphatic carbocycles. The van der Waals surface area contributed by atoms with Crippen molar-refractivity contribution in [1.29, 1.82) is 0 Å². The van der Waals surface area contributed by atoms with Gasteiger partial charge >= 0.3 is 0 Å². The third-order valence-corrected chi connectivity index (χ3v) is 2.75. The largest absolute Gasteiger partial charge is 0.409 e. The lowest BCUT2D eigenvalue weighted by Gasteiger charge is -2.15. The topological polar surface area (TPSA) is 89.1 Å². The van der Waals surface area contributed by atoms with Gasteiger partial charge in [-0.25, -0.2) is 4.39 Å². The van der Waals surface area contributed by atoms with E-state index in [1.54, 1.807) is 20.3 Å². The predicted molar refractivity (Wildman–Crippen MR) is 73.3 cm³/mol. The van der Waals surface area contributed by atoms with Gasteiger partial charge in [0.25, 0.3) is 0 Å². The zero-order valence-electron chi connectivity index (χ0n) is 11.6. The first kappa shape index (κ1) is 16.4. The first-order valence-electron chi connectivity index (χ1n) is 6.10. The maximum atomic E-state index is 13.4. The third-order valence-electron chi connectivity index (χ3n) is 2.75. The maximum Gasteiger partial charge on any atom is 0.170 e. The van der Waals surface area contributed by atoms with Crippen molar-refractivity contribution in [2.45, 2.75) is 12.6 Å². The van der Waals surface area contributed by atoms with Gasteiger partial charge in [-0.1, -0.05) is 5.16 Å². The maximum absolute atomic E-state index is 13.4. The van der Waals surface area contributed by atoms with Crippen molar-refractivity contribution >= 4 is 5.84 Å². The molecule has 0 aliphatic rings. The predicted octanol–water partition coefficient (Wildman–Crippen LogP) is 0.671. The number of hydrogen-bond donors (Lipinski definition) is 3. The molecule has 4 N–H and O–H groups in total. The smallest absolute Gasteiger partial charge is 0.170 e. The van der Waals surface area contributed by atoms with Crippen LogP contribution in [0.25, 0.3) is 0 Å². The Balaban J connectivity index is 2.62. The number of nitrogens with zero attached hydrogens (tertiary/aromatic N) is 1. The van der Waals surface area contributed by atoms with Gasteiger partial charge in [0.1, 0.15) is 5.82 Å². The van der Waals surface area contributed by atoms with Gasteiger partial charge in [0.05, 0.1) is 12.7 Å². The Labute approximate surface area is 117 Å². The summed E-state index contributed by atoms with van der Waals surface area (Å²) in [6.07, 6.45) is -0.0721. The van der Waals surface area contributed by atoms with E-state index < -0.39 is 5.82 Å². The second-order valence-electron chi connectivity index (χ2n) is 4.28. The van der Waals surface area contributed by atoms with Crippen LogP contribution in [0.3, 0.4) is 0 Å². The molecule has 1 rings (SSSR count). The molecule has 0 bridgehead atoms. The summed E-state index contributed by atoms with van der Waals surface area (Å²) in [6.45, 7) is 1.48. The van der Waals surface area contributed by atoms with Crippen molar-refractivity contribution in [2.75, 3.05) is 27.4 Å². The molecule has 20 heavy (non-hydrogen) atoms. The SMILES string of the molecule is COCC(CNCc1cc(F)cc(/C(N)=N/O)c1)OC. The molecule has 7 heteroatoms. The molecule has 0 radical (unpaired) electrons. The minimum Gasteiger partial charge on any atom is -0.409 e. The van der Waals surface area contributed by atoms with Crippen LogP contribution in [0.1, 0.15) is 11.1 Å². The number of hydrogen-bond acceptors (Lipinski definition) is 5. The molecular formula is C13H20FN3O3. The fourth-order valence-corrected chi connectivity index (χ4v) is 1.73. The van der Waals surface area contributed by atoms with Crippen molar-refractivity contribution in [1.82, 2.24) is 5.32 Å². The first-order chi connectivity index (χ1) is 9.60. The quantitative estimate of drug-likeness (QED) is 0.283. The van der Waals surface area contributed by atoms with Crippen LogP contribution in [0.15, 0.2) is 23.4 Å². The van der Waals surface area contributed by atoms with Gasteiger partial charge in [0, 0.05) is 32.9 Å². The van der Waals surface area contributed by atoms with Crippen LogP contribution in [-0.2, 0) is 16.0 Å². The van der Waals surface area contributed by atoms with E-state index in [-0.39, 0.29) is 11.9 Å². The van der Waals surface area contributed by atoms with Crippen LogP contribution >= 0.6 is 0 Å². The molecule has 0 saturated heterocycles. The summed E-state index contributed by atoms with van der Waals surface area (Å²) in [4.78, 5) is 0. The normalized spacial score (nSPS) is 13.4. The number of rotatable bonds is 8. The second-order valence-corrected chi connectivity index (χ2v) is 4.28. The standard InChI is InChI=1S/C13H20FN3O3/c1-19-8-12(20-2)7-16-6-9-3-10(13(15)17-18)5-11(14)4-9/h3-5,12,16,18H,6-8H2,1-2H3,(H2,15,17). The van der Waals surface area contributed by atoms with Gasteiger partial charge in [-0.3, -0.25) is 0 Å². The summed E-state index contributed by atoms with van der Waals surface area (Å²) in [5.41, 5.74) is 6.48. The van der Waals surface area contributed by atoms with Gasteiger partial charge in [0.15, 0.2) is 5.84 Å². The fraction of sp³-hybridized carbons (Fsp3) is 0.462. The molecule has 112 valence electrons. The highest BCUT2D eigenvalue weighted by atomic mass is 19.1. The van der Waals surface area contributed by atoms with E-state index in [0.717, 1.165) is 0 Å². The van der Waals surface area contributed by atoms with Crippen LogP contribution < -0.4 is 11.1 Å². The molecular weight excluding hydrogens is 265 g/mol. The van der Waals surface area contributed by atoms with Gasteiger partial charge in [-0.05, 0) is 23.8 Å². The molecule has 0 aliphatic heterocycles. The fourth-order valence-electron chi connectivity index (χ4n) is 1.73. The number of ether oxygens (including phenoxy) is 2. The third kappa shape index (κ3) is 5.12. The van der Waals surface area contributed by atoms with E-state index >= 15 is 0 Å². The number of amidine groups is 1. The van der Waals surface area contributed by atoms with Crippen molar-refractivity contribution in [3.05, 3.63) is 35.1 Å². The lowest BCUT2D eigenvalue weighted by molar-refractivity contribution is 0.0288. The molecule has 1 aromatic rings. The minimum absolute atomic E-state index is 0.0721. The van der Waals surface area contributed by atoms with Crippen molar-refractivity contribution in [3.8, 4) is 0 Å². The number of methoxy groups -OCH3 is 2.